The number of halogens is 1. The van der Waals surface area contributed by atoms with E-state index < -0.39 is 6.67 Å². The van der Waals surface area contributed by atoms with Crippen LogP contribution in [0.4, 0.5) is 4.39 Å². The fourth-order valence-electron chi connectivity index (χ4n) is 4.62. The molecule has 1 amide bonds. The maximum absolute atomic E-state index is 13.5. The number of nitrogens with zero attached hydrogens (tertiary/aromatic N) is 2. The highest BCUT2D eigenvalue weighted by Crippen LogP contribution is 2.40. The predicted molar refractivity (Wildman–Crippen MR) is 111 cm³/mol. The summed E-state index contributed by atoms with van der Waals surface area (Å²) in [5, 5.41) is 1.11. The summed E-state index contributed by atoms with van der Waals surface area (Å²) in [5.41, 5.74) is 4.48. The topological polar surface area (TPSA) is 25.2 Å². The molecule has 1 heterocycles. The standard InChI is InChI=1S/C24H27FN2O/c1-2-26(17-18-9-4-3-5-10-18)24(28)20-12-8-14-22-23(20)19-11-6-7-13-21(19)27(22)16-15-25/h3-7,9-11,13,20H,2,8,12,14-17H2,1H3/t20-/m0/s1. The average Bonchev–Trinajstić information content (AvgIpc) is 3.07. The Morgan fingerprint density at radius 2 is 1.89 bits per heavy atom. The minimum Gasteiger partial charge on any atom is -0.342 e. The first kappa shape index (κ1) is 18.7. The summed E-state index contributed by atoms with van der Waals surface area (Å²) < 4.78 is 15.3. The maximum atomic E-state index is 13.5. The SMILES string of the molecule is CCN(Cc1ccccc1)C(=O)[C@H]1CCCc2c1c1ccccc1n2CCF. The molecule has 0 bridgehead atoms. The largest absolute Gasteiger partial charge is 0.342 e. The molecule has 1 atom stereocenters. The Morgan fingerprint density at radius 1 is 1.14 bits per heavy atom. The van der Waals surface area contributed by atoms with Gasteiger partial charge in [-0.05, 0) is 43.4 Å². The van der Waals surface area contributed by atoms with Gasteiger partial charge in [0.1, 0.15) is 6.67 Å². The van der Waals surface area contributed by atoms with Gasteiger partial charge in [0.05, 0.1) is 12.5 Å². The van der Waals surface area contributed by atoms with E-state index in [1.807, 2.05) is 48.2 Å². The van der Waals surface area contributed by atoms with Crippen molar-refractivity contribution in [3.05, 3.63) is 71.4 Å². The smallest absolute Gasteiger partial charge is 0.230 e. The van der Waals surface area contributed by atoms with Gasteiger partial charge in [-0.1, -0.05) is 48.5 Å². The molecule has 3 aromatic rings. The third-order valence-corrected chi connectivity index (χ3v) is 5.89. The van der Waals surface area contributed by atoms with Crippen LogP contribution in [0.15, 0.2) is 54.6 Å². The molecule has 146 valence electrons. The molecule has 1 aliphatic rings. The van der Waals surface area contributed by atoms with Crippen molar-refractivity contribution in [1.82, 2.24) is 9.47 Å². The predicted octanol–water partition coefficient (Wildman–Crippen LogP) is 5.08. The van der Waals surface area contributed by atoms with Crippen LogP contribution in [0.1, 0.15) is 42.5 Å². The van der Waals surface area contributed by atoms with E-state index in [0.717, 1.165) is 47.0 Å². The Bertz CT molecular complexity index is 963. The van der Waals surface area contributed by atoms with Crippen molar-refractivity contribution in [3.63, 3.8) is 0 Å². The highest BCUT2D eigenvalue weighted by atomic mass is 19.1. The Hall–Kier alpha value is -2.62. The summed E-state index contributed by atoms with van der Waals surface area (Å²) in [6, 6.07) is 18.3. The molecule has 0 saturated heterocycles. The van der Waals surface area contributed by atoms with Crippen LogP contribution < -0.4 is 0 Å². The molecule has 1 aliphatic carbocycles. The zero-order valence-electron chi connectivity index (χ0n) is 16.4. The number of hydrogen-bond donors (Lipinski definition) is 0. The van der Waals surface area contributed by atoms with E-state index in [1.54, 1.807) is 0 Å². The van der Waals surface area contributed by atoms with Crippen molar-refractivity contribution in [2.45, 2.75) is 45.2 Å². The monoisotopic (exact) mass is 378 g/mol. The first-order valence-electron chi connectivity index (χ1n) is 10.2. The number of likely N-dealkylation sites (N-methyl/N-ethyl adjacent to an activating group) is 1. The van der Waals surface area contributed by atoms with Gasteiger partial charge in [-0.25, -0.2) is 4.39 Å². The van der Waals surface area contributed by atoms with Crippen LogP contribution in [0.25, 0.3) is 10.9 Å². The number of hydrogen-bond acceptors (Lipinski definition) is 1. The third-order valence-electron chi connectivity index (χ3n) is 5.89. The van der Waals surface area contributed by atoms with Crippen LogP contribution in [0.3, 0.4) is 0 Å². The molecular formula is C24H27FN2O. The first-order valence-corrected chi connectivity index (χ1v) is 10.2. The molecule has 4 rings (SSSR count). The summed E-state index contributed by atoms with van der Waals surface area (Å²) in [7, 11) is 0. The van der Waals surface area contributed by atoms with Crippen molar-refractivity contribution >= 4 is 16.8 Å². The lowest BCUT2D eigenvalue weighted by Crippen LogP contribution is -2.36. The molecule has 4 heteroatoms. The van der Waals surface area contributed by atoms with E-state index in [4.69, 9.17) is 0 Å². The maximum Gasteiger partial charge on any atom is 0.230 e. The van der Waals surface area contributed by atoms with E-state index in [9.17, 15) is 9.18 Å². The first-order chi connectivity index (χ1) is 13.7. The zero-order valence-corrected chi connectivity index (χ0v) is 16.4. The molecule has 0 radical (unpaired) electrons. The second kappa shape index (κ2) is 8.17. The second-order valence-electron chi connectivity index (χ2n) is 7.50. The van der Waals surface area contributed by atoms with Crippen LogP contribution >= 0.6 is 0 Å². The molecule has 0 aliphatic heterocycles. The molecule has 0 N–H and O–H groups in total. The fraction of sp³-hybridized carbons (Fsp3) is 0.375. The van der Waals surface area contributed by atoms with Gasteiger partial charge in [0.2, 0.25) is 5.91 Å². The Kier molecular flexibility index (Phi) is 5.47. The number of amides is 1. The molecule has 0 saturated carbocycles. The lowest BCUT2D eigenvalue weighted by Gasteiger charge is -2.30. The Morgan fingerprint density at radius 3 is 2.64 bits per heavy atom. The summed E-state index contributed by atoms with van der Waals surface area (Å²) in [6.07, 6.45) is 2.74. The van der Waals surface area contributed by atoms with E-state index >= 15 is 0 Å². The van der Waals surface area contributed by atoms with Crippen LogP contribution in [-0.2, 0) is 24.3 Å². The highest BCUT2D eigenvalue weighted by Gasteiger charge is 2.33. The van der Waals surface area contributed by atoms with Gasteiger partial charge >= 0.3 is 0 Å². The minimum atomic E-state index is -0.390. The van der Waals surface area contributed by atoms with E-state index in [-0.39, 0.29) is 11.8 Å². The lowest BCUT2D eigenvalue weighted by atomic mass is 9.84. The summed E-state index contributed by atoms with van der Waals surface area (Å²) >= 11 is 0. The number of rotatable bonds is 6. The quantitative estimate of drug-likeness (QED) is 0.587. The Balaban J connectivity index is 1.72. The van der Waals surface area contributed by atoms with Crippen LogP contribution in [-0.4, -0.2) is 28.6 Å². The van der Waals surface area contributed by atoms with Crippen LogP contribution in [0.5, 0.6) is 0 Å². The average molecular weight is 378 g/mol. The molecule has 0 fully saturated rings. The lowest BCUT2D eigenvalue weighted by molar-refractivity contribution is -0.133. The summed E-state index contributed by atoms with van der Waals surface area (Å²) in [4.78, 5) is 15.5. The number of carbonyl (C=O) groups excluding carboxylic acids is 1. The van der Waals surface area contributed by atoms with Crippen LogP contribution in [0, 0.1) is 0 Å². The zero-order chi connectivity index (χ0) is 19.5. The van der Waals surface area contributed by atoms with Crippen molar-refractivity contribution in [2.75, 3.05) is 13.2 Å². The summed E-state index contributed by atoms with van der Waals surface area (Å²) in [5.74, 6) is 0.0497. The van der Waals surface area contributed by atoms with Gasteiger partial charge in [0.25, 0.3) is 0 Å². The van der Waals surface area contributed by atoms with Gasteiger partial charge in [-0.3, -0.25) is 4.79 Å². The number of benzene rings is 2. The van der Waals surface area contributed by atoms with E-state index in [2.05, 4.69) is 22.8 Å². The molecule has 2 aromatic carbocycles. The molecule has 0 unspecified atom stereocenters. The van der Waals surface area contributed by atoms with Crippen LogP contribution in [0.2, 0.25) is 0 Å². The van der Waals surface area contributed by atoms with Crippen molar-refractivity contribution in [3.8, 4) is 0 Å². The minimum absolute atomic E-state index is 0.141. The summed E-state index contributed by atoms with van der Waals surface area (Å²) in [6.45, 7) is 3.32. The molecule has 3 nitrogen and oxygen atoms in total. The number of para-hydroxylation sites is 1. The number of aromatic nitrogens is 1. The molecule has 1 aromatic heterocycles. The van der Waals surface area contributed by atoms with E-state index in [1.165, 1.54) is 0 Å². The fourth-order valence-corrected chi connectivity index (χ4v) is 4.62. The van der Waals surface area contributed by atoms with Crippen molar-refractivity contribution < 1.29 is 9.18 Å². The molecule has 0 spiro atoms. The number of fused-ring (bicyclic) bond motifs is 3. The highest BCUT2D eigenvalue weighted by molar-refractivity contribution is 5.94. The van der Waals surface area contributed by atoms with Gasteiger partial charge in [0.15, 0.2) is 0 Å². The van der Waals surface area contributed by atoms with Gasteiger partial charge < -0.3 is 9.47 Å². The number of carbonyl (C=O) groups is 1. The van der Waals surface area contributed by atoms with Crippen molar-refractivity contribution in [2.24, 2.45) is 0 Å². The second-order valence-corrected chi connectivity index (χ2v) is 7.50. The van der Waals surface area contributed by atoms with Crippen molar-refractivity contribution in [1.29, 1.82) is 0 Å². The van der Waals surface area contributed by atoms with Gasteiger partial charge in [-0.15, -0.1) is 0 Å². The normalized spacial score (nSPS) is 16.1. The third kappa shape index (κ3) is 3.32. The molecule has 28 heavy (non-hydrogen) atoms. The Labute approximate surface area is 165 Å². The molecular weight excluding hydrogens is 351 g/mol. The van der Waals surface area contributed by atoms with Gasteiger partial charge in [0, 0.05) is 29.7 Å². The van der Waals surface area contributed by atoms with E-state index in [0.29, 0.717) is 19.6 Å². The number of alkyl halides is 1. The van der Waals surface area contributed by atoms with Gasteiger partial charge in [-0.2, -0.15) is 0 Å². The number of aryl methyl sites for hydroxylation is 1.